The number of unbranched alkanes of at least 4 members (excludes halogenated alkanes) is 1. The van der Waals surface area contributed by atoms with Crippen LogP contribution in [-0.4, -0.2) is 140 Å². The van der Waals surface area contributed by atoms with Gasteiger partial charge in [0.15, 0.2) is 0 Å². The molecule has 1 aromatic carbocycles. The van der Waals surface area contributed by atoms with E-state index < -0.39 is 29.7 Å². The number of fused-ring (bicyclic) bond motifs is 1. The fourth-order valence-corrected chi connectivity index (χ4v) is 4.69. The van der Waals surface area contributed by atoms with Crippen LogP contribution in [0.5, 0.6) is 0 Å². The van der Waals surface area contributed by atoms with Gasteiger partial charge in [-0.05, 0) is 37.9 Å². The molecule has 2 heterocycles. The molecule has 2 aliphatic rings. The van der Waals surface area contributed by atoms with E-state index in [2.05, 4.69) is 10.6 Å². The number of halogens is 1. The SMILES string of the molecule is Cl.NCCCCOCCOCCOCCOCCOCCOCCOCCNc1cccc2c1C(=O)N(C1CCC(=O)NC1=O)C2=O. The Morgan fingerprint density at radius 3 is 1.72 bits per heavy atom. The number of hydrogen-bond donors (Lipinski definition) is 3. The lowest BCUT2D eigenvalue weighted by atomic mass is 10.0. The smallest absolute Gasteiger partial charge is 0.264 e. The average molecular weight is 689 g/mol. The summed E-state index contributed by atoms with van der Waals surface area (Å²) < 4.78 is 38.3. The molecule has 1 saturated heterocycles. The van der Waals surface area contributed by atoms with Gasteiger partial charge >= 0.3 is 0 Å². The van der Waals surface area contributed by atoms with Crippen LogP contribution in [0.3, 0.4) is 0 Å². The van der Waals surface area contributed by atoms with Gasteiger partial charge in [-0.3, -0.25) is 29.4 Å². The van der Waals surface area contributed by atoms with Crippen molar-refractivity contribution in [3.05, 3.63) is 29.3 Å². The van der Waals surface area contributed by atoms with Gasteiger partial charge in [-0.1, -0.05) is 6.07 Å². The number of ether oxygens (including phenoxy) is 7. The van der Waals surface area contributed by atoms with Crippen LogP contribution in [0.25, 0.3) is 0 Å². The number of carbonyl (C=O) groups is 4. The minimum absolute atomic E-state index is 0. The summed E-state index contributed by atoms with van der Waals surface area (Å²) in [6.07, 6.45) is 2.13. The van der Waals surface area contributed by atoms with Crippen molar-refractivity contribution in [1.29, 1.82) is 0 Å². The zero-order valence-corrected chi connectivity index (χ0v) is 27.7. The second-order valence-corrected chi connectivity index (χ2v) is 10.4. The molecule has 1 fully saturated rings. The number of nitrogens with zero attached hydrogens (tertiary/aromatic N) is 1. The average Bonchev–Trinajstić information content (AvgIpc) is 3.30. The van der Waals surface area contributed by atoms with Crippen LogP contribution in [0.1, 0.15) is 46.4 Å². The topological polar surface area (TPSA) is 186 Å². The Hall–Kier alpha value is -2.73. The third-order valence-corrected chi connectivity index (χ3v) is 7.00. The van der Waals surface area contributed by atoms with Crippen molar-refractivity contribution in [2.75, 3.05) is 111 Å². The summed E-state index contributed by atoms with van der Waals surface area (Å²) >= 11 is 0. The molecule has 15 nitrogen and oxygen atoms in total. The lowest BCUT2D eigenvalue weighted by molar-refractivity contribution is -0.136. The van der Waals surface area contributed by atoms with Crippen LogP contribution in [0.4, 0.5) is 5.69 Å². The van der Waals surface area contributed by atoms with Gasteiger partial charge in [0.25, 0.3) is 11.8 Å². The minimum atomic E-state index is -1.00. The number of anilines is 1. The molecule has 0 spiro atoms. The molecule has 266 valence electrons. The van der Waals surface area contributed by atoms with E-state index in [4.69, 9.17) is 38.9 Å². The summed E-state index contributed by atoms with van der Waals surface area (Å²) in [4.78, 5) is 50.7. The monoisotopic (exact) mass is 688 g/mol. The Bertz CT molecular complexity index is 1100. The second-order valence-electron chi connectivity index (χ2n) is 10.4. The van der Waals surface area contributed by atoms with Crippen LogP contribution >= 0.6 is 12.4 Å². The number of nitrogens with one attached hydrogen (secondary N) is 2. The van der Waals surface area contributed by atoms with E-state index in [9.17, 15) is 19.2 Å². The molecule has 16 heteroatoms. The van der Waals surface area contributed by atoms with Gasteiger partial charge in [0.05, 0.1) is 97.0 Å². The van der Waals surface area contributed by atoms with E-state index in [0.29, 0.717) is 111 Å². The van der Waals surface area contributed by atoms with Crippen molar-refractivity contribution >= 4 is 41.7 Å². The van der Waals surface area contributed by atoms with E-state index in [1.165, 1.54) is 0 Å². The number of piperidine rings is 1. The molecule has 47 heavy (non-hydrogen) atoms. The van der Waals surface area contributed by atoms with Gasteiger partial charge in [-0.15, -0.1) is 12.4 Å². The standard InChI is InChI=1S/C31H48N4O11.ClH/c32-8-1-2-10-40-12-14-42-16-18-44-20-22-46-23-21-45-19-17-43-15-13-41-11-9-33-25-5-3-4-24-28(25)31(39)35(30(24)38)26-6-7-27(36)34-29(26)37;/h3-5,26,33H,1-2,6-23,32H2,(H,34,36,37);1H. The first-order valence-electron chi connectivity index (χ1n) is 15.9. The van der Waals surface area contributed by atoms with Crippen molar-refractivity contribution in [2.24, 2.45) is 5.73 Å². The molecule has 0 saturated carbocycles. The highest BCUT2D eigenvalue weighted by Crippen LogP contribution is 2.32. The first kappa shape index (κ1) is 40.4. The van der Waals surface area contributed by atoms with Gasteiger partial charge in [0, 0.05) is 25.3 Å². The third-order valence-electron chi connectivity index (χ3n) is 7.00. The van der Waals surface area contributed by atoms with Crippen LogP contribution in [-0.2, 0) is 42.7 Å². The number of nitrogens with two attached hydrogens (primary N) is 1. The van der Waals surface area contributed by atoms with Gasteiger partial charge in [0.1, 0.15) is 6.04 Å². The molecular weight excluding hydrogens is 640 g/mol. The Balaban J connectivity index is 0.00000768. The van der Waals surface area contributed by atoms with E-state index >= 15 is 0 Å². The fourth-order valence-electron chi connectivity index (χ4n) is 4.69. The number of rotatable bonds is 27. The summed E-state index contributed by atoms with van der Waals surface area (Å²) in [7, 11) is 0. The second kappa shape index (κ2) is 24.4. The summed E-state index contributed by atoms with van der Waals surface area (Å²) in [5.41, 5.74) is 6.35. The van der Waals surface area contributed by atoms with Gasteiger partial charge in [0.2, 0.25) is 11.8 Å². The normalized spacial score (nSPS) is 15.9. The summed E-state index contributed by atoms with van der Waals surface area (Å²) in [6.45, 7) is 7.87. The van der Waals surface area contributed by atoms with Crippen molar-refractivity contribution in [3.63, 3.8) is 0 Å². The van der Waals surface area contributed by atoms with E-state index in [1.807, 2.05) is 0 Å². The predicted octanol–water partition coefficient (Wildman–Crippen LogP) is 0.777. The lowest BCUT2D eigenvalue weighted by Gasteiger charge is -2.27. The van der Waals surface area contributed by atoms with Gasteiger partial charge in [-0.25, -0.2) is 0 Å². The summed E-state index contributed by atoms with van der Waals surface area (Å²) in [5, 5.41) is 5.33. The maximum Gasteiger partial charge on any atom is 0.264 e. The molecule has 1 atom stereocenters. The number of carbonyl (C=O) groups excluding carboxylic acids is 4. The highest BCUT2D eigenvalue weighted by atomic mass is 35.5. The van der Waals surface area contributed by atoms with Crippen molar-refractivity contribution in [1.82, 2.24) is 10.2 Å². The Morgan fingerprint density at radius 2 is 1.21 bits per heavy atom. The Morgan fingerprint density at radius 1 is 0.702 bits per heavy atom. The van der Waals surface area contributed by atoms with Crippen molar-refractivity contribution < 1.29 is 52.3 Å². The largest absolute Gasteiger partial charge is 0.382 e. The van der Waals surface area contributed by atoms with E-state index in [-0.39, 0.29) is 36.4 Å². The molecule has 0 bridgehead atoms. The maximum absolute atomic E-state index is 13.1. The molecular formula is C31H49ClN4O11. The first-order chi connectivity index (χ1) is 22.5. The zero-order chi connectivity index (χ0) is 32.8. The fraction of sp³-hybridized carbons (Fsp3) is 0.677. The first-order valence-corrected chi connectivity index (χ1v) is 15.9. The van der Waals surface area contributed by atoms with Crippen LogP contribution in [0.15, 0.2) is 18.2 Å². The maximum atomic E-state index is 13.1. The Labute approximate surface area is 281 Å². The van der Waals surface area contributed by atoms with Crippen molar-refractivity contribution in [3.8, 4) is 0 Å². The van der Waals surface area contributed by atoms with Gasteiger partial charge in [-0.2, -0.15) is 0 Å². The van der Waals surface area contributed by atoms with Crippen LogP contribution in [0.2, 0.25) is 0 Å². The molecule has 3 rings (SSSR count). The summed E-state index contributed by atoms with van der Waals surface area (Å²) in [5.74, 6) is -2.15. The highest BCUT2D eigenvalue weighted by molar-refractivity contribution is 6.25. The highest BCUT2D eigenvalue weighted by Gasteiger charge is 2.45. The zero-order valence-electron chi connectivity index (χ0n) is 26.9. The number of hydrogen-bond acceptors (Lipinski definition) is 13. The molecule has 4 amide bonds. The summed E-state index contributed by atoms with van der Waals surface area (Å²) in [6, 6.07) is 3.91. The van der Waals surface area contributed by atoms with Crippen LogP contribution in [0, 0.1) is 0 Å². The predicted molar refractivity (Wildman–Crippen MR) is 173 cm³/mol. The number of imide groups is 2. The Kier molecular flexibility index (Phi) is 21.0. The molecule has 1 unspecified atom stereocenters. The lowest BCUT2D eigenvalue weighted by Crippen LogP contribution is -2.54. The third kappa shape index (κ3) is 14.5. The molecule has 4 N–H and O–H groups in total. The number of amides is 4. The van der Waals surface area contributed by atoms with E-state index in [0.717, 1.165) is 17.7 Å². The van der Waals surface area contributed by atoms with Crippen molar-refractivity contribution in [2.45, 2.75) is 31.7 Å². The minimum Gasteiger partial charge on any atom is -0.382 e. The van der Waals surface area contributed by atoms with Gasteiger partial charge < -0.3 is 44.2 Å². The quantitative estimate of drug-likeness (QED) is 0.0870. The van der Waals surface area contributed by atoms with E-state index in [1.54, 1.807) is 18.2 Å². The molecule has 0 radical (unpaired) electrons. The van der Waals surface area contributed by atoms with Crippen LogP contribution < -0.4 is 16.4 Å². The molecule has 2 aliphatic heterocycles. The number of benzene rings is 1. The molecule has 1 aromatic rings. The molecule has 0 aliphatic carbocycles. The molecule has 0 aromatic heterocycles.